The van der Waals surface area contributed by atoms with E-state index in [1.165, 1.54) is 25.3 Å². The summed E-state index contributed by atoms with van der Waals surface area (Å²) < 4.78 is 38.7. The van der Waals surface area contributed by atoms with E-state index in [2.05, 4.69) is 76.0 Å². The molecule has 294 valence electrons. The highest BCUT2D eigenvalue weighted by molar-refractivity contribution is 6.84. The van der Waals surface area contributed by atoms with Crippen molar-refractivity contribution in [1.82, 2.24) is 0 Å². The summed E-state index contributed by atoms with van der Waals surface area (Å²) in [6.07, 6.45) is 0.139. The Kier molecular flexibility index (Phi) is 16.6. The number of methoxy groups -OCH3 is 3. The minimum atomic E-state index is -2.10. The second-order valence-corrected chi connectivity index (χ2v) is 23.4. The molecule has 0 atom stereocenters. The molecule has 0 aliphatic heterocycles. The number of carbonyl (C=O) groups is 2. The van der Waals surface area contributed by atoms with Gasteiger partial charge in [0, 0.05) is 5.41 Å². The Morgan fingerprint density at radius 3 is 1.65 bits per heavy atom. The van der Waals surface area contributed by atoms with Gasteiger partial charge in [0.1, 0.15) is 5.75 Å². The first-order chi connectivity index (χ1) is 24.5. The van der Waals surface area contributed by atoms with Crippen molar-refractivity contribution in [2.24, 2.45) is 0 Å². The lowest BCUT2D eigenvalue weighted by Crippen LogP contribution is -2.46. The van der Waals surface area contributed by atoms with Gasteiger partial charge in [0.15, 0.2) is 39.6 Å². The summed E-state index contributed by atoms with van der Waals surface area (Å²) in [5.41, 5.74) is 5.46. The largest absolute Gasteiger partial charge is 0.519 e. The predicted molar refractivity (Wildman–Crippen MR) is 222 cm³/mol. The first kappa shape index (κ1) is 45.6. The number of carbonyl (C=O) groups excluding carboxylic acids is 2. The van der Waals surface area contributed by atoms with Crippen molar-refractivity contribution in [3.05, 3.63) is 113 Å². The lowest BCUT2D eigenvalue weighted by atomic mass is 9.78. The third kappa shape index (κ3) is 12.8. The van der Waals surface area contributed by atoms with E-state index in [1.807, 2.05) is 36.4 Å². The summed E-state index contributed by atoms with van der Waals surface area (Å²) in [5.74, 6) is 1.93. The third-order valence-corrected chi connectivity index (χ3v) is 16.2. The lowest BCUT2D eigenvalue weighted by molar-refractivity contribution is 0.120. The highest BCUT2D eigenvalue weighted by Crippen LogP contribution is 2.34. The normalized spacial score (nSPS) is 11.4. The summed E-state index contributed by atoms with van der Waals surface area (Å²) >= 11 is 0. The number of rotatable bonds is 15. The summed E-state index contributed by atoms with van der Waals surface area (Å²) in [4.78, 5) is 24.3. The molecule has 0 saturated carbocycles. The van der Waals surface area contributed by atoms with Gasteiger partial charge in [-0.05, 0) is 117 Å². The van der Waals surface area contributed by atoms with Crippen LogP contribution < -0.4 is 23.7 Å². The average molecular weight is 777 g/mol. The topological polar surface area (TPSA) is 98.8 Å². The van der Waals surface area contributed by atoms with Gasteiger partial charge in [0.05, 0.1) is 21.3 Å². The van der Waals surface area contributed by atoms with Crippen LogP contribution >= 0.6 is 0 Å². The quantitative estimate of drug-likeness (QED) is 0.0663. The van der Waals surface area contributed by atoms with Crippen molar-refractivity contribution in [3.63, 3.8) is 0 Å². The molecule has 0 aliphatic carbocycles. The average Bonchev–Trinajstić information content (AvgIpc) is 3.09. The zero-order valence-corrected chi connectivity index (χ0v) is 34.1. The molecule has 4 aromatic carbocycles. The van der Waals surface area contributed by atoms with Gasteiger partial charge in [-0.2, -0.15) is 0 Å². The predicted octanol–water partition coefficient (Wildman–Crippen LogP) is 11.5. The molecule has 4 aromatic rings. The van der Waals surface area contributed by atoms with Gasteiger partial charge in [-0.1, -0.05) is 82.8 Å². The second-order valence-electron chi connectivity index (χ2n) is 14.6. The van der Waals surface area contributed by atoms with E-state index in [9.17, 15) is 9.59 Å². The van der Waals surface area contributed by atoms with Crippen LogP contribution in [0.4, 0.5) is 9.59 Å². The molecule has 54 heavy (non-hydrogen) atoms. The SMILES string of the molecule is C.C.COC(=O)Oc1ccc(C[Si](C)(C)O[Si](C)(C)CCCc2ccc(OC(=O)Oc3ccc(C(C)(C)c4ccc(C)cc4)cc3)c(OC)c2)cc1OC. The smallest absolute Gasteiger partial charge is 0.493 e. The molecule has 0 N–H and O–H groups in total. The van der Waals surface area contributed by atoms with E-state index in [1.54, 1.807) is 31.4 Å². The van der Waals surface area contributed by atoms with Crippen LogP contribution in [0.25, 0.3) is 0 Å². The fourth-order valence-corrected chi connectivity index (χ4v) is 15.2. The van der Waals surface area contributed by atoms with Gasteiger partial charge in [0.2, 0.25) is 0 Å². The number of benzene rings is 4. The Hall–Kier alpha value is -4.59. The molecular weight excluding hydrogens is 717 g/mol. The summed E-state index contributed by atoms with van der Waals surface area (Å²) in [7, 11) is 0.249. The highest BCUT2D eigenvalue weighted by atomic mass is 28.4. The summed E-state index contributed by atoms with van der Waals surface area (Å²) in [5, 5.41) is 0. The molecule has 0 fully saturated rings. The molecule has 0 bridgehead atoms. The maximum absolute atomic E-state index is 12.7. The van der Waals surface area contributed by atoms with Crippen LogP contribution in [-0.2, 0) is 26.7 Å². The summed E-state index contributed by atoms with van der Waals surface area (Å²) in [6.45, 7) is 15.4. The molecule has 9 nitrogen and oxygen atoms in total. The van der Waals surface area contributed by atoms with Crippen molar-refractivity contribution in [2.45, 2.75) is 92.2 Å². The second kappa shape index (κ2) is 19.7. The molecule has 0 spiro atoms. The van der Waals surface area contributed by atoms with E-state index in [4.69, 9.17) is 27.8 Å². The highest BCUT2D eigenvalue weighted by Gasteiger charge is 2.33. The monoisotopic (exact) mass is 776 g/mol. The fourth-order valence-electron chi connectivity index (χ4n) is 6.32. The van der Waals surface area contributed by atoms with Gasteiger partial charge < -0.3 is 32.5 Å². The first-order valence-electron chi connectivity index (χ1n) is 17.4. The van der Waals surface area contributed by atoms with Crippen LogP contribution in [0.3, 0.4) is 0 Å². The Bertz CT molecular complexity index is 1820. The number of aryl methyl sites for hydroxylation is 2. The Labute approximate surface area is 325 Å². The van der Waals surface area contributed by atoms with Gasteiger partial charge in [-0.3, -0.25) is 0 Å². The molecule has 0 aliphatic rings. The summed E-state index contributed by atoms with van der Waals surface area (Å²) in [6, 6.07) is 28.9. The Morgan fingerprint density at radius 2 is 1.11 bits per heavy atom. The first-order valence-corrected chi connectivity index (χ1v) is 23.6. The minimum Gasteiger partial charge on any atom is -0.493 e. The van der Waals surface area contributed by atoms with E-state index in [0.717, 1.165) is 41.6 Å². The van der Waals surface area contributed by atoms with Crippen LogP contribution in [0.2, 0.25) is 32.2 Å². The molecular formula is C43H60O9Si2. The van der Waals surface area contributed by atoms with Gasteiger partial charge in [-0.25, -0.2) is 9.59 Å². The van der Waals surface area contributed by atoms with E-state index >= 15 is 0 Å². The van der Waals surface area contributed by atoms with Crippen LogP contribution in [-0.4, -0.2) is 50.3 Å². The maximum Gasteiger partial charge on any atom is 0.519 e. The van der Waals surface area contributed by atoms with Crippen molar-refractivity contribution in [1.29, 1.82) is 0 Å². The molecule has 0 saturated heterocycles. The standard InChI is InChI=1S/C41H52O9Si2.2CH4/c1-29-13-17-32(18-14-29)41(2,3)33-19-21-34(22-20-33)47-40(43)49-36-23-15-30(26-37(36)44-4)12-11-25-51(7,8)50-52(9,10)28-31-16-24-35(38(27-31)45-5)48-39(42)46-6;;/h13-24,26-27H,11-12,25,28H2,1-10H3;2*1H4. The van der Waals surface area contributed by atoms with Crippen molar-refractivity contribution in [3.8, 4) is 28.7 Å². The minimum absolute atomic E-state index is 0. The molecule has 4 rings (SSSR count). The molecule has 0 aromatic heterocycles. The van der Waals surface area contributed by atoms with E-state index in [0.29, 0.717) is 28.7 Å². The number of hydrogen-bond acceptors (Lipinski definition) is 9. The molecule has 0 unspecified atom stereocenters. The molecule has 0 amide bonds. The number of ether oxygens (including phenoxy) is 6. The van der Waals surface area contributed by atoms with Crippen molar-refractivity contribution < 1.29 is 42.1 Å². The Morgan fingerprint density at radius 1 is 0.611 bits per heavy atom. The van der Waals surface area contributed by atoms with Gasteiger partial charge in [0.25, 0.3) is 0 Å². The van der Waals surface area contributed by atoms with Crippen molar-refractivity contribution in [2.75, 3.05) is 21.3 Å². The zero-order valence-electron chi connectivity index (χ0n) is 32.1. The zero-order chi connectivity index (χ0) is 38.1. The molecule has 11 heteroatoms. The lowest BCUT2D eigenvalue weighted by Gasteiger charge is -2.34. The van der Waals surface area contributed by atoms with Crippen LogP contribution in [0.1, 0.15) is 62.9 Å². The molecule has 0 heterocycles. The third-order valence-electron chi connectivity index (χ3n) is 8.99. The van der Waals surface area contributed by atoms with Crippen LogP contribution in [0.5, 0.6) is 28.7 Å². The van der Waals surface area contributed by atoms with Gasteiger partial charge >= 0.3 is 12.3 Å². The maximum atomic E-state index is 12.7. The van der Waals surface area contributed by atoms with Gasteiger partial charge in [-0.15, -0.1) is 0 Å². The molecule has 0 radical (unpaired) electrons. The van der Waals surface area contributed by atoms with E-state index < -0.39 is 28.9 Å². The Balaban J connectivity index is 0.00000504. The van der Waals surface area contributed by atoms with Crippen LogP contribution in [0.15, 0.2) is 84.9 Å². The number of hydrogen-bond donors (Lipinski definition) is 0. The van der Waals surface area contributed by atoms with Crippen molar-refractivity contribution >= 4 is 28.9 Å². The van der Waals surface area contributed by atoms with E-state index in [-0.39, 0.29) is 20.3 Å². The fraction of sp³-hybridized carbons (Fsp3) is 0.395. The van der Waals surface area contributed by atoms with Crippen LogP contribution in [0, 0.1) is 6.92 Å².